The Hall–Kier alpha value is -8.40. The van der Waals surface area contributed by atoms with Gasteiger partial charge in [-0.3, -0.25) is 0 Å². The standard InChI is InChI=1S/C60H40N2O/c1-3-15-41(16-4-1)45-19-13-21-49(39-45)61(47-33-29-42(30-34-47)43-31-35-48(36-32-43)62-56-26-10-7-23-53(56)54-24-8-11-27-57(54)62)50-22-14-20-46(40-50)51-37-38-52(44-17-5-2-6-18-44)60-59(51)55-25-9-12-28-58(55)63-60/h1-40H. The zero-order valence-corrected chi connectivity index (χ0v) is 34.4. The largest absolute Gasteiger partial charge is 0.455 e. The van der Waals surface area contributed by atoms with E-state index in [0.29, 0.717) is 0 Å². The maximum absolute atomic E-state index is 6.67. The number of benzene rings is 10. The van der Waals surface area contributed by atoms with Crippen LogP contribution >= 0.6 is 0 Å². The average Bonchev–Trinajstić information content (AvgIpc) is 3.92. The first kappa shape index (κ1) is 36.5. The Kier molecular flexibility index (Phi) is 8.83. The van der Waals surface area contributed by atoms with Crippen LogP contribution in [0.15, 0.2) is 247 Å². The quantitative estimate of drug-likeness (QED) is 0.153. The smallest absolute Gasteiger partial charge is 0.143 e. The van der Waals surface area contributed by atoms with Crippen molar-refractivity contribution >= 4 is 60.8 Å². The number of anilines is 3. The van der Waals surface area contributed by atoms with Gasteiger partial charge in [0.2, 0.25) is 0 Å². The number of para-hydroxylation sites is 3. The van der Waals surface area contributed by atoms with Gasteiger partial charge in [-0.15, -0.1) is 0 Å². The molecule has 0 aliphatic carbocycles. The van der Waals surface area contributed by atoms with Gasteiger partial charge in [0, 0.05) is 49.9 Å². The van der Waals surface area contributed by atoms with Gasteiger partial charge in [0.25, 0.3) is 0 Å². The van der Waals surface area contributed by atoms with Gasteiger partial charge in [-0.25, -0.2) is 0 Å². The van der Waals surface area contributed by atoms with Crippen molar-refractivity contribution in [2.24, 2.45) is 0 Å². The van der Waals surface area contributed by atoms with Crippen LogP contribution in [-0.4, -0.2) is 4.57 Å². The summed E-state index contributed by atoms with van der Waals surface area (Å²) >= 11 is 0. The van der Waals surface area contributed by atoms with Gasteiger partial charge in [-0.05, 0) is 112 Å². The van der Waals surface area contributed by atoms with E-state index in [0.717, 1.165) is 78.1 Å². The molecule has 0 atom stereocenters. The van der Waals surface area contributed by atoms with Crippen LogP contribution in [0.4, 0.5) is 17.1 Å². The molecule has 63 heavy (non-hydrogen) atoms. The molecule has 2 aromatic heterocycles. The lowest BCUT2D eigenvalue weighted by atomic mass is 9.94. The fraction of sp³-hybridized carbons (Fsp3) is 0. The fourth-order valence-corrected chi connectivity index (χ4v) is 9.44. The number of aromatic nitrogens is 1. The molecule has 0 spiro atoms. The van der Waals surface area contributed by atoms with Gasteiger partial charge in [0.1, 0.15) is 11.2 Å². The first-order valence-corrected chi connectivity index (χ1v) is 21.5. The highest BCUT2D eigenvalue weighted by Crippen LogP contribution is 2.44. The van der Waals surface area contributed by atoms with Crippen molar-refractivity contribution in [1.82, 2.24) is 4.57 Å². The first-order valence-electron chi connectivity index (χ1n) is 21.5. The van der Waals surface area contributed by atoms with E-state index in [-0.39, 0.29) is 0 Å². The van der Waals surface area contributed by atoms with Gasteiger partial charge in [0.15, 0.2) is 0 Å². The highest BCUT2D eigenvalue weighted by Gasteiger charge is 2.20. The zero-order chi connectivity index (χ0) is 41.7. The lowest BCUT2D eigenvalue weighted by Gasteiger charge is -2.27. The van der Waals surface area contributed by atoms with Crippen molar-refractivity contribution in [3.05, 3.63) is 243 Å². The fourth-order valence-electron chi connectivity index (χ4n) is 9.44. The summed E-state index contributed by atoms with van der Waals surface area (Å²) in [7, 11) is 0. The van der Waals surface area contributed by atoms with Crippen LogP contribution in [0.5, 0.6) is 0 Å². The molecule has 3 heteroatoms. The van der Waals surface area contributed by atoms with E-state index in [2.05, 4.69) is 246 Å². The Morgan fingerprint density at radius 2 is 0.810 bits per heavy atom. The van der Waals surface area contributed by atoms with Crippen LogP contribution in [0.25, 0.3) is 93.9 Å². The van der Waals surface area contributed by atoms with Crippen molar-refractivity contribution < 1.29 is 4.42 Å². The van der Waals surface area contributed by atoms with Crippen molar-refractivity contribution in [3.8, 4) is 50.2 Å². The molecule has 0 amide bonds. The van der Waals surface area contributed by atoms with Gasteiger partial charge in [-0.2, -0.15) is 0 Å². The highest BCUT2D eigenvalue weighted by molar-refractivity contribution is 6.16. The predicted octanol–water partition coefficient (Wildman–Crippen LogP) is 16.8. The van der Waals surface area contributed by atoms with Crippen LogP contribution in [0.2, 0.25) is 0 Å². The summed E-state index contributed by atoms with van der Waals surface area (Å²) in [6, 6.07) is 87.0. The number of rotatable bonds is 8. The van der Waals surface area contributed by atoms with E-state index in [1.807, 2.05) is 6.07 Å². The minimum absolute atomic E-state index is 0.883. The number of fused-ring (bicyclic) bond motifs is 6. The van der Waals surface area contributed by atoms with E-state index in [1.54, 1.807) is 0 Å². The molecule has 0 saturated carbocycles. The van der Waals surface area contributed by atoms with Gasteiger partial charge in [-0.1, -0.05) is 170 Å². The third kappa shape index (κ3) is 6.38. The van der Waals surface area contributed by atoms with E-state index < -0.39 is 0 Å². The number of nitrogens with zero attached hydrogens (tertiary/aromatic N) is 2. The Morgan fingerprint density at radius 1 is 0.317 bits per heavy atom. The van der Waals surface area contributed by atoms with Crippen molar-refractivity contribution in [2.45, 2.75) is 0 Å². The van der Waals surface area contributed by atoms with Gasteiger partial charge < -0.3 is 13.9 Å². The summed E-state index contributed by atoms with van der Waals surface area (Å²) in [4.78, 5) is 2.37. The predicted molar refractivity (Wildman–Crippen MR) is 264 cm³/mol. The Labute approximate surface area is 366 Å². The van der Waals surface area contributed by atoms with Crippen LogP contribution in [-0.2, 0) is 0 Å². The SMILES string of the molecule is c1ccc(-c2cccc(N(c3ccc(-c4ccc(-n5c6ccccc6c6ccccc65)cc4)cc3)c3cccc(-c4ccc(-c5ccccc5)c5oc6ccccc6c45)c3)c2)cc1. The maximum atomic E-state index is 6.67. The topological polar surface area (TPSA) is 21.3 Å². The Balaban J connectivity index is 0.956. The third-order valence-corrected chi connectivity index (χ3v) is 12.4. The van der Waals surface area contributed by atoms with Crippen LogP contribution < -0.4 is 4.90 Å². The summed E-state index contributed by atoms with van der Waals surface area (Å²) < 4.78 is 9.03. The third-order valence-electron chi connectivity index (χ3n) is 12.4. The highest BCUT2D eigenvalue weighted by atomic mass is 16.3. The molecule has 3 nitrogen and oxygen atoms in total. The lowest BCUT2D eigenvalue weighted by molar-refractivity contribution is 0.670. The molecule has 12 rings (SSSR count). The summed E-state index contributed by atoms with van der Waals surface area (Å²) in [6.45, 7) is 0. The summed E-state index contributed by atoms with van der Waals surface area (Å²) in [5, 5.41) is 4.76. The molecular formula is C60H40N2O. The minimum Gasteiger partial charge on any atom is -0.455 e. The van der Waals surface area contributed by atoms with Crippen LogP contribution in [0.1, 0.15) is 0 Å². The molecule has 0 radical (unpaired) electrons. The Bertz CT molecular complexity index is 3550. The summed E-state index contributed by atoms with van der Waals surface area (Å²) in [5.41, 5.74) is 17.7. The second-order valence-electron chi connectivity index (χ2n) is 16.1. The Morgan fingerprint density at radius 3 is 1.48 bits per heavy atom. The van der Waals surface area contributed by atoms with Crippen molar-refractivity contribution in [3.63, 3.8) is 0 Å². The zero-order valence-electron chi connectivity index (χ0n) is 34.4. The van der Waals surface area contributed by atoms with Crippen molar-refractivity contribution in [2.75, 3.05) is 4.90 Å². The van der Waals surface area contributed by atoms with Gasteiger partial charge >= 0.3 is 0 Å². The molecule has 12 aromatic rings. The normalized spacial score (nSPS) is 11.5. The molecule has 0 saturated heterocycles. The number of hydrogen-bond acceptors (Lipinski definition) is 2. The van der Waals surface area contributed by atoms with Gasteiger partial charge in [0.05, 0.1) is 11.0 Å². The second-order valence-corrected chi connectivity index (χ2v) is 16.1. The van der Waals surface area contributed by atoms with Crippen LogP contribution in [0.3, 0.4) is 0 Å². The van der Waals surface area contributed by atoms with Crippen molar-refractivity contribution in [1.29, 1.82) is 0 Å². The van der Waals surface area contributed by atoms with E-state index in [9.17, 15) is 0 Å². The number of furan rings is 1. The summed E-state index contributed by atoms with van der Waals surface area (Å²) in [6.07, 6.45) is 0. The molecule has 0 aliphatic rings. The molecule has 0 unspecified atom stereocenters. The first-order chi connectivity index (χ1) is 31.2. The molecule has 0 bridgehead atoms. The molecule has 2 heterocycles. The second kappa shape index (κ2) is 15.3. The average molecular weight is 805 g/mol. The molecular weight excluding hydrogens is 765 g/mol. The van der Waals surface area contributed by atoms with Crippen LogP contribution in [0, 0.1) is 0 Å². The maximum Gasteiger partial charge on any atom is 0.143 e. The molecule has 0 N–H and O–H groups in total. The molecule has 0 aliphatic heterocycles. The molecule has 10 aromatic carbocycles. The number of hydrogen-bond donors (Lipinski definition) is 0. The van der Waals surface area contributed by atoms with E-state index in [4.69, 9.17) is 4.42 Å². The lowest BCUT2D eigenvalue weighted by Crippen LogP contribution is -2.10. The monoisotopic (exact) mass is 804 g/mol. The molecule has 296 valence electrons. The minimum atomic E-state index is 0.883. The summed E-state index contributed by atoms with van der Waals surface area (Å²) in [5.74, 6) is 0. The van der Waals surface area contributed by atoms with E-state index >= 15 is 0 Å². The van der Waals surface area contributed by atoms with E-state index in [1.165, 1.54) is 32.9 Å². The molecule has 0 fully saturated rings.